The maximum atomic E-state index is 12.0. The largest absolute Gasteiger partial charge is 0.508 e. The Balaban J connectivity index is 2.54. The van der Waals surface area contributed by atoms with Gasteiger partial charge in [-0.3, -0.25) is 9.20 Å². The third-order valence-corrected chi connectivity index (χ3v) is 3.56. The molecular weight excluding hydrogens is 256 g/mol. The number of nitrogens with zero attached hydrogens (tertiary/aromatic N) is 2. The van der Waals surface area contributed by atoms with Crippen LogP contribution in [0.15, 0.2) is 29.2 Å². The van der Waals surface area contributed by atoms with E-state index in [0.29, 0.717) is 15.2 Å². The molecule has 0 fully saturated rings. The molecule has 0 unspecified atom stereocenters. The van der Waals surface area contributed by atoms with Crippen LogP contribution in [0, 0.1) is 0 Å². The first-order valence-electron chi connectivity index (χ1n) is 4.94. The van der Waals surface area contributed by atoms with Crippen LogP contribution in [-0.2, 0) is 0 Å². The molecule has 0 radical (unpaired) electrons. The lowest BCUT2D eigenvalue weighted by molar-refractivity contribution is 0.0694. The number of benzene rings is 1. The summed E-state index contributed by atoms with van der Waals surface area (Å²) >= 11 is 1.21. The number of rotatable bonds is 1. The van der Waals surface area contributed by atoms with Crippen LogP contribution in [0.1, 0.15) is 10.4 Å². The fourth-order valence-corrected chi connectivity index (χ4v) is 2.76. The summed E-state index contributed by atoms with van der Waals surface area (Å²) in [4.78, 5) is 27.2. The van der Waals surface area contributed by atoms with Gasteiger partial charge < -0.3 is 10.2 Å². The van der Waals surface area contributed by atoms with E-state index < -0.39 is 11.5 Å². The minimum Gasteiger partial charge on any atom is -0.508 e. The summed E-state index contributed by atoms with van der Waals surface area (Å²) in [5.74, 6) is -1.22. The lowest BCUT2D eigenvalue weighted by atomic mass is 10.3. The topological polar surface area (TPSA) is 91.9 Å². The Morgan fingerprint density at radius 3 is 2.89 bits per heavy atom. The third kappa shape index (κ3) is 1.37. The van der Waals surface area contributed by atoms with Gasteiger partial charge in [-0.05, 0) is 18.2 Å². The first-order valence-corrected chi connectivity index (χ1v) is 5.76. The maximum absolute atomic E-state index is 12.0. The lowest BCUT2D eigenvalue weighted by Crippen LogP contribution is -2.21. The highest BCUT2D eigenvalue weighted by Gasteiger charge is 2.15. The van der Waals surface area contributed by atoms with Gasteiger partial charge in [0.15, 0.2) is 4.96 Å². The smallest absolute Gasteiger partial charge is 0.342 e. The van der Waals surface area contributed by atoms with E-state index in [1.165, 1.54) is 27.9 Å². The molecule has 6 nitrogen and oxygen atoms in total. The number of hydrogen-bond acceptors (Lipinski definition) is 5. The predicted octanol–water partition coefficient (Wildman–Crippen LogP) is 1.31. The number of aromatic carboxylic acids is 1. The molecule has 0 aliphatic heterocycles. The van der Waals surface area contributed by atoms with Crippen molar-refractivity contribution in [3.63, 3.8) is 0 Å². The molecule has 1 aromatic carbocycles. The Morgan fingerprint density at radius 1 is 1.39 bits per heavy atom. The first-order chi connectivity index (χ1) is 8.58. The van der Waals surface area contributed by atoms with E-state index >= 15 is 0 Å². The average molecular weight is 262 g/mol. The van der Waals surface area contributed by atoms with Crippen LogP contribution < -0.4 is 5.56 Å². The second-order valence-electron chi connectivity index (χ2n) is 3.65. The molecule has 0 amide bonds. The highest BCUT2D eigenvalue weighted by atomic mass is 32.1. The molecule has 7 heteroatoms. The summed E-state index contributed by atoms with van der Waals surface area (Å²) in [6.45, 7) is 0. The molecule has 3 aromatic rings. The molecule has 0 aliphatic carbocycles. The molecule has 18 heavy (non-hydrogen) atoms. The maximum Gasteiger partial charge on any atom is 0.342 e. The number of phenolic OH excluding ortho intramolecular Hbond substituents is 1. The second-order valence-corrected chi connectivity index (χ2v) is 4.66. The van der Waals surface area contributed by atoms with Crippen molar-refractivity contribution in [3.05, 3.63) is 40.3 Å². The number of hydrogen-bond donors (Lipinski definition) is 2. The Hall–Kier alpha value is -2.41. The molecule has 0 aliphatic rings. The number of carboxylic acids is 1. The normalized spacial score (nSPS) is 11.1. The molecule has 90 valence electrons. The van der Waals surface area contributed by atoms with Crippen LogP contribution >= 0.6 is 11.3 Å². The van der Waals surface area contributed by atoms with Crippen molar-refractivity contribution in [2.24, 2.45) is 0 Å². The summed E-state index contributed by atoms with van der Waals surface area (Å²) in [6.07, 6.45) is 1.05. The van der Waals surface area contributed by atoms with Crippen molar-refractivity contribution in [1.82, 2.24) is 9.38 Å². The molecule has 0 saturated heterocycles. The number of thiazole rings is 1. The van der Waals surface area contributed by atoms with Crippen molar-refractivity contribution >= 4 is 32.5 Å². The predicted molar refractivity (Wildman–Crippen MR) is 65.5 cm³/mol. The van der Waals surface area contributed by atoms with Gasteiger partial charge in [-0.1, -0.05) is 11.3 Å². The number of fused-ring (bicyclic) bond motifs is 3. The summed E-state index contributed by atoms with van der Waals surface area (Å²) in [5, 5.41) is 18.3. The van der Waals surface area contributed by atoms with Crippen molar-refractivity contribution < 1.29 is 15.0 Å². The van der Waals surface area contributed by atoms with Crippen LogP contribution in [0.25, 0.3) is 15.2 Å². The quantitative estimate of drug-likeness (QED) is 0.690. The molecule has 2 aromatic heterocycles. The van der Waals surface area contributed by atoms with Gasteiger partial charge in [0.05, 0.1) is 16.4 Å². The number of aromatic hydroxyl groups is 1. The minimum atomic E-state index is -1.31. The van der Waals surface area contributed by atoms with Crippen molar-refractivity contribution in [3.8, 4) is 5.75 Å². The van der Waals surface area contributed by atoms with Crippen LogP contribution in [0.5, 0.6) is 5.75 Å². The van der Waals surface area contributed by atoms with Gasteiger partial charge in [-0.2, -0.15) is 0 Å². The van der Waals surface area contributed by atoms with E-state index in [9.17, 15) is 14.7 Å². The Kier molecular flexibility index (Phi) is 2.11. The van der Waals surface area contributed by atoms with Gasteiger partial charge >= 0.3 is 5.97 Å². The first kappa shape index (κ1) is 10.7. The Labute approximate surface area is 103 Å². The van der Waals surface area contributed by atoms with E-state index in [4.69, 9.17) is 5.11 Å². The molecule has 0 atom stereocenters. The van der Waals surface area contributed by atoms with E-state index in [1.54, 1.807) is 6.07 Å². The molecule has 2 N–H and O–H groups in total. The zero-order chi connectivity index (χ0) is 12.9. The number of phenols is 1. The molecule has 0 bridgehead atoms. The fraction of sp³-hybridized carbons (Fsp3) is 0. The number of aromatic nitrogens is 2. The number of carboxylic acid groups (broad SMARTS) is 1. The van der Waals surface area contributed by atoms with Crippen molar-refractivity contribution in [2.75, 3.05) is 0 Å². The van der Waals surface area contributed by atoms with Gasteiger partial charge in [0.25, 0.3) is 5.56 Å². The highest BCUT2D eigenvalue weighted by molar-refractivity contribution is 7.23. The molecule has 2 heterocycles. The monoisotopic (exact) mass is 262 g/mol. The second kappa shape index (κ2) is 3.54. The van der Waals surface area contributed by atoms with Crippen LogP contribution in [0.3, 0.4) is 0 Å². The van der Waals surface area contributed by atoms with E-state index in [0.717, 1.165) is 6.20 Å². The summed E-state index contributed by atoms with van der Waals surface area (Å²) in [5.41, 5.74) is -0.460. The SMILES string of the molecule is O=C(O)c1cnc2sc3cc(O)ccc3n2c1=O. The van der Waals surface area contributed by atoms with Crippen molar-refractivity contribution in [1.29, 1.82) is 0 Å². The molecule has 0 saturated carbocycles. The minimum absolute atomic E-state index is 0.0839. The zero-order valence-electron chi connectivity index (χ0n) is 8.82. The van der Waals surface area contributed by atoms with E-state index in [1.807, 2.05) is 0 Å². The number of carbonyl (C=O) groups is 1. The Morgan fingerprint density at radius 2 is 2.17 bits per heavy atom. The Bertz CT molecular complexity index is 849. The van der Waals surface area contributed by atoms with Crippen molar-refractivity contribution in [2.45, 2.75) is 0 Å². The summed E-state index contributed by atoms with van der Waals surface area (Å²) in [7, 11) is 0. The fourth-order valence-electron chi connectivity index (χ4n) is 1.74. The highest BCUT2D eigenvalue weighted by Crippen LogP contribution is 2.27. The van der Waals surface area contributed by atoms with Gasteiger partial charge in [0.1, 0.15) is 11.3 Å². The van der Waals surface area contributed by atoms with Gasteiger partial charge in [0, 0.05) is 0 Å². The molecule has 0 spiro atoms. The van der Waals surface area contributed by atoms with Gasteiger partial charge in [0.2, 0.25) is 0 Å². The molecular formula is C11H6N2O4S. The van der Waals surface area contributed by atoms with E-state index in [-0.39, 0.29) is 11.3 Å². The van der Waals surface area contributed by atoms with E-state index in [2.05, 4.69) is 4.98 Å². The summed E-state index contributed by atoms with van der Waals surface area (Å²) in [6, 6.07) is 4.51. The third-order valence-electron chi connectivity index (χ3n) is 2.54. The summed E-state index contributed by atoms with van der Waals surface area (Å²) < 4.78 is 1.91. The van der Waals surface area contributed by atoms with Crippen LogP contribution in [-0.4, -0.2) is 25.6 Å². The van der Waals surface area contributed by atoms with Gasteiger partial charge in [-0.25, -0.2) is 9.78 Å². The average Bonchev–Trinajstić information content (AvgIpc) is 2.66. The van der Waals surface area contributed by atoms with Crippen LogP contribution in [0.4, 0.5) is 0 Å². The molecule has 3 rings (SSSR count). The zero-order valence-corrected chi connectivity index (χ0v) is 9.64. The standard InChI is InChI=1S/C11H6N2O4S/c14-5-1-2-7-8(3-5)18-11-12-4-6(10(16)17)9(15)13(7)11/h1-4,14H,(H,16,17). The lowest BCUT2D eigenvalue weighted by Gasteiger charge is -1.96. The van der Waals surface area contributed by atoms with Crippen LogP contribution in [0.2, 0.25) is 0 Å². The van der Waals surface area contributed by atoms with Gasteiger partial charge in [-0.15, -0.1) is 0 Å².